The molecule has 0 saturated heterocycles. The maximum atomic E-state index is 13.4. The fraction of sp³-hybridized carbons (Fsp3) is 0.421. The molecule has 1 heterocycles. The number of carbonyl (C=O) groups is 1. The Kier molecular flexibility index (Phi) is 6.34. The summed E-state index contributed by atoms with van der Waals surface area (Å²) in [6, 6.07) is 6.89. The third-order valence-corrected chi connectivity index (χ3v) is 6.92. The summed E-state index contributed by atoms with van der Waals surface area (Å²) in [5.74, 6) is -0.587. The summed E-state index contributed by atoms with van der Waals surface area (Å²) in [5.41, 5.74) is 1.83. The van der Waals surface area contributed by atoms with Crippen LogP contribution >= 0.6 is 11.3 Å². The molecule has 0 aliphatic carbocycles. The highest BCUT2D eigenvalue weighted by Crippen LogP contribution is 2.33. The highest BCUT2D eigenvalue weighted by molar-refractivity contribution is 7.92. The van der Waals surface area contributed by atoms with Crippen LogP contribution in [0, 0.1) is 6.92 Å². The van der Waals surface area contributed by atoms with Crippen molar-refractivity contribution in [1.29, 1.82) is 0 Å². The van der Waals surface area contributed by atoms with Gasteiger partial charge >= 0.3 is 5.97 Å². The molecule has 0 atom stereocenters. The van der Waals surface area contributed by atoms with Crippen molar-refractivity contribution >= 4 is 33.0 Å². The van der Waals surface area contributed by atoms with Gasteiger partial charge in [0.05, 0.1) is 17.7 Å². The van der Waals surface area contributed by atoms with Gasteiger partial charge in [0.25, 0.3) is 10.0 Å². The van der Waals surface area contributed by atoms with Crippen molar-refractivity contribution in [2.24, 2.45) is 0 Å². The van der Waals surface area contributed by atoms with E-state index in [1.807, 2.05) is 12.1 Å². The number of benzene rings is 1. The topological polar surface area (TPSA) is 72.9 Å². The Morgan fingerprint density at radius 3 is 2.37 bits per heavy atom. The minimum Gasteiger partial charge on any atom is -0.465 e. The lowest BCUT2D eigenvalue weighted by Gasteiger charge is -2.25. The normalized spacial score (nSPS) is 12.1. The zero-order valence-corrected chi connectivity index (χ0v) is 18.0. The Bertz CT molecular complexity index is 926. The van der Waals surface area contributed by atoms with Crippen molar-refractivity contribution in [3.63, 3.8) is 0 Å². The lowest BCUT2D eigenvalue weighted by molar-refractivity contribution is 0.0607. The predicted octanol–water partition coefficient (Wildman–Crippen LogP) is 3.94. The molecule has 8 heteroatoms. The summed E-state index contributed by atoms with van der Waals surface area (Å²) < 4.78 is 37.7. The van der Waals surface area contributed by atoms with Crippen molar-refractivity contribution in [2.75, 3.05) is 25.3 Å². The number of anilines is 1. The molecule has 2 rings (SSSR count). The van der Waals surface area contributed by atoms with Gasteiger partial charge in [-0.15, -0.1) is 11.3 Å². The Morgan fingerprint density at radius 1 is 1.19 bits per heavy atom. The molecular formula is C19H25NO5S2. The van der Waals surface area contributed by atoms with E-state index in [1.165, 1.54) is 14.2 Å². The minimum atomic E-state index is -3.94. The van der Waals surface area contributed by atoms with Crippen LogP contribution in [0.25, 0.3) is 0 Å². The first-order valence-corrected chi connectivity index (χ1v) is 10.6. The molecule has 0 fully saturated rings. The van der Waals surface area contributed by atoms with E-state index in [2.05, 4.69) is 20.8 Å². The van der Waals surface area contributed by atoms with Crippen LogP contribution < -0.4 is 4.31 Å². The van der Waals surface area contributed by atoms with Crippen LogP contribution in [0.15, 0.2) is 34.5 Å². The molecule has 0 bridgehead atoms. The number of sulfonamides is 1. The van der Waals surface area contributed by atoms with E-state index in [4.69, 9.17) is 9.47 Å². The monoisotopic (exact) mass is 411 g/mol. The maximum Gasteiger partial charge on any atom is 0.350 e. The fourth-order valence-electron chi connectivity index (χ4n) is 2.65. The Hall–Kier alpha value is -1.90. The zero-order valence-electron chi connectivity index (χ0n) is 16.4. The van der Waals surface area contributed by atoms with E-state index in [0.717, 1.165) is 21.2 Å². The van der Waals surface area contributed by atoms with Crippen LogP contribution in [0.4, 0.5) is 5.69 Å². The van der Waals surface area contributed by atoms with Crippen molar-refractivity contribution < 1.29 is 22.7 Å². The second-order valence-electron chi connectivity index (χ2n) is 7.13. The number of ether oxygens (including phenoxy) is 2. The summed E-state index contributed by atoms with van der Waals surface area (Å²) in [5, 5.41) is 1.65. The van der Waals surface area contributed by atoms with Crippen LogP contribution in [0.5, 0.6) is 0 Å². The van der Waals surface area contributed by atoms with Crippen LogP contribution in [0.3, 0.4) is 0 Å². The zero-order chi connectivity index (χ0) is 20.4. The minimum absolute atomic E-state index is 0.0926. The van der Waals surface area contributed by atoms with Gasteiger partial charge < -0.3 is 9.47 Å². The summed E-state index contributed by atoms with van der Waals surface area (Å²) >= 11 is 1.12. The SMILES string of the molecule is COCN(c1ccsc1C(=O)OC)S(=O)(=O)c1ccc(C(C)(C)C)cc1C. The molecule has 6 nitrogen and oxygen atoms in total. The molecule has 0 aliphatic rings. The lowest BCUT2D eigenvalue weighted by atomic mass is 9.86. The molecule has 0 N–H and O–H groups in total. The van der Waals surface area contributed by atoms with Gasteiger partial charge in [-0.2, -0.15) is 0 Å². The number of thiophene rings is 1. The lowest BCUT2D eigenvalue weighted by Crippen LogP contribution is -2.34. The second-order valence-corrected chi connectivity index (χ2v) is 9.88. The standard InChI is InChI=1S/C19H25NO5S2/c1-13-11-14(19(2,3)4)7-8-16(13)27(22,23)20(12-24-5)15-9-10-26-17(15)18(21)25-6/h7-11H,12H2,1-6H3. The quantitative estimate of drug-likeness (QED) is 0.532. The van der Waals surface area contributed by atoms with Gasteiger partial charge in [0.2, 0.25) is 0 Å². The molecule has 0 unspecified atom stereocenters. The van der Waals surface area contributed by atoms with Crippen molar-refractivity contribution in [3.05, 3.63) is 45.6 Å². The molecule has 2 aromatic rings. The number of esters is 1. The largest absolute Gasteiger partial charge is 0.465 e. The van der Waals surface area contributed by atoms with E-state index < -0.39 is 16.0 Å². The van der Waals surface area contributed by atoms with Gasteiger partial charge in [0.1, 0.15) is 11.6 Å². The summed E-state index contributed by atoms with van der Waals surface area (Å²) in [6.45, 7) is 7.76. The Labute approximate surface area is 164 Å². The van der Waals surface area contributed by atoms with Gasteiger partial charge in [-0.3, -0.25) is 0 Å². The molecule has 1 aromatic carbocycles. The Balaban J connectivity index is 2.58. The van der Waals surface area contributed by atoms with E-state index in [1.54, 1.807) is 24.4 Å². The van der Waals surface area contributed by atoms with E-state index in [-0.39, 0.29) is 27.6 Å². The molecule has 148 valence electrons. The van der Waals surface area contributed by atoms with Gasteiger partial charge in [-0.05, 0) is 41.0 Å². The molecule has 1 aromatic heterocycles. The highest BCUT2D eigenvalue weighted by atomic mass is 32.2. The smallest absolute Gasteiger partial charge is 0.350 e. The molecule has 0 amide bonds. The number of hydrogen-bond acceptors (Lipinski definition) is 6. The van der Waals surface area contributed by atoms with Gasteiger partial charge in [-0.1, -0.05) is 32.9 Å². The molecule has 0 spiro atoms. The third-order valence-electron chi connectivity index (χ3n) is 4.14. The predicted molar refractivity (Wildman–Crippen MR) is 107 cm³/mol. The average molecular weight is 412 g/mol. The van der Waals surface area contributed by atoms with Crippen molar-refractivity contribution in [3.8, 4) is 0 Å². The number of rotatable bonds is 6. The number of methoxy groups -OCH3 is 2. The summed E-state index contributed by atoms with van der Waals surface area (Å²) in [7, 11) is -1.27. The maximum absolute atomic E-state index is 13.4. The first-order chi connectivity index (χ1) is 12.5. The summed E-state index contributed by atoms with van der Waals surface area (Å²) in [4.78, 5) is 12.4. The first-order valence-electron chi connectivity index (χ1n) is 8.32. The molecule has 27 heavy (non-hydrogen) atoms. The number of carbonyl (C=O) groups excluding carboxylic acids is 1. The van der Waals surface area contributed by atoms with Gasteiger partial charge in [0.15, 0.2) is 0 Å². The summed E-state index contributed by atoms with van der Waals surface area (Å²) in [6.07, 6.45) is 0. The van der Waals surface area contributed by atoms with Crippen molar-refractivity contribution in [1.82, 2.24) is 0 Å². The third kappa shape index (κ3) is 4.34. The van der Waals surface area contributed by atoms with Crippen LogP contribution in [-0.4, -0.2) is 35.3 Å². The van der Waals surface area contributed by atoms with Crippen LogP contribution in [-0.2, 0) is 24.9 Å². The van der Waals surface area contributed by atoms with Crippen LogP contribution in [0.2, 0.25) is 0 Å². The fourth-order valence-corrected chi connectivity index (χ4v) is 5.12. The molecule has 0 aliphatic heterocycles. The van der Waals surface area contributed by atoms with E-state index in [9.17, 15) is 13.2 Å². The molecular weight excluding hydrogens is 386 g/mol. The molecule has 0 radical (unpaired) electrons. The second kappa shape index (κ2) is 8.00. The number of aryl methyl sites for hydroxylation is 1. The van der Waals surface area contributed by atoms with Crippen LogP contribution in [0.1, 0.15) is 41.6 Å². The number of hydrogen-bond donors (Lipinski definition) is 0. The van der Waals surface area contributed by atoms with E-state index >= 15 is 0 Å². The molecule has 0 saturated carbocycles. The first kappa shape index (κ1) is 21.4. The van der Waals surface area contributed by atoms with Gasteiger partial charge in [0, 0.05) is 7.11 Å². The van der Waals surface area contributed by atoms with Crippen molar-refractivity contribution in [2.45, 2.75) is 38.0 Å². The van der Waals surface area contributed by atoms with E-state index in [0.29, 0.717) is 5.56 Å². The number of nitrogens with zero attached hydrogens (tertiary/aromatic N) is 1. The average Bonchev–Trinajstić information content (AvgIpc) is 3.06. The Morgan fingerprint density at radius 2 is 1.85 bits per heavy atom. The van der Waals surface area contributed by atoms with Gasteiger partial charge in [-0.25, -0.2) is 17.5 Å². The highest BCUT2D eigenvalue weighted by Gasteiger charge is 2.31.